The van der Waals surface area contributed by atoms with Crippen molar-refractivity contribution in [3.63, 3.8) is 0 Å². The molecular weight excluding hydrogens is 516 g/mol. The first-order valence-electron chi connectivity index (χ1n) is 11.2. The number of aliphatic carboxylic acids is 1. The van der Waals surface area contributed by atoms with Crippen LogP contribution in [0.2, 0.25) is 0 Å². The third-order valence-corrected chi connectivity index (χ3v) is 8.17. The molecule has 3 aromatic rings. The highest BCUT2D eigenvalue weighted by atomic mass is 32.2. The second-order valence-corrected chi connectivity index (χ2v) is 10.5. The number of carbonyl (C=O) groups is 3. The zero-order valence-corrected chi connectivity index (χ0v) is 21.5. The number of nitrogens with two attached hydrogens (primary N) is 1. The van der Waals surface area contributed by atoms with Crippen molar-refractivity contribution in [3.05, 3.63) is 64.6 Å². The Bertz CT molecular complexity index is 1500. The largest absolute Gasteiger partial charge is 0.543 e. The molecule has 1 aromatic carbocycles. The minimum Gasteiger partial charge on any atom is -0.543 e. The molecule has 0 aliphatic carbocycles. The molecule has 1 unspecified atom stereocenters. The highest BCUT2D eigenvalue weighted by molar-refractivity contribution is 8.00. The lowest BCUT2D eigenvalue weighted by Gasteiger charge is -2.50. The second-order valence-electron chi connectivity index (χ2n) is 8.47. The Labute approximate surface area is 219 Å². The fourth-order valence-corrected chi connectivity index (χ4v) is 6.29. The van der Waals surface area contributed by atoms with Crippen LogP contribution in [0.25, 0.3) is 10.8 Å². The number of nitrogens with one attached hydrogen (secondary N) is 1. The average molecular weight is 539 g/mol. The van der Waals surface area contributed by atoms with Crippen LogP contribution in [0.3, 0.4) is 0 Å². The summed E-state index contributed by atoms with van der Waals surface area (Å²) in [4.78, 5) is 48.1. The molecule has 1 fully saturated rings. The van der Waals surface area contributed by atoms with Gasteiger partial charge in [0.15, 0.2) is 29.3 Å². The van der Waals surface area contributed by atoms with Gasteiger partial charge in [0, 0.05) is 35.1 Å². The van der Waals surface area contributed by atoms with Crippen molar-refractivity contribution in [1.82, 2.24) is 15.2 Å². The number of carbonyl (C=O) groups excluding carboxylic acids is 3. The summed E-state index contributed by atoms with van der Waals surface area (Å²) in [6.45, 7) is 2.23. The van der Waals surface area contributed by atoms with E-state index in [1.165, 1.54) is 23.8 Å². The summed E-state index contributed by atoms with van der Waals surface area (Å²) in [7, 11) is 1.28. The summed E-state index contributed by atoms with van der Waals surface area (Å²) in [6, 6.07) is 8.98. The number of hydrogen-bond acceptors (Lipinski definition) is 10. The lowest BCUT2D eigenvalue weighted by molar-refractivity contribution is -0.693. The Balaban J connectivity index is 1.38. The SMILES string of the molecule is CO/N=C(\C(=O)NC1C(=O)N2C(C(=O)[O-])=C(C[n+]3cc4ccccc4cc3C)CS[C@H]12)c1csc(N)n1. The first-order valence-corrected chi connectivity index (χ1v) is 13.1. The van der Waals surface area contributed by atoms with Crippen molar-refractivity contribution in [3.8, 4) is 0 Å². The number of nitrogen functional groups attached to an aromatic ring is 1. The van der Waals surface area contributed by atoms with Gasteiger partial charge in [-0.15, -0.1) is 23.1 Å². The molecule has 1 saturated heterocycles. The van der Waals surface area contributed by atoms with Gasteiger partial charge in [-0.25, -0.2) is 4.98 Å². The summed E-state index contributed by atoms with van der Waals surface area (Å²) in [5, 5.41) is 21.8. The minimum absolute atomic E-state index is 0.137. The number of aromatic nitrogens is 2. The fourth-order valence-electron chi connectivity index (χ4n) is 4.41. The smallest absolute Gasteiger partial charge is 0.276 e. The second kappa shape index (κ2) is 9.82. The van der Waals surface area contributed by atoms with E-state index in [0.29, 0.717) is 11.3 Å². The number of thioether (sulfide) groups is 1. The molecule has 0 spiro atoms. The average Bonchev–Trinajstić information content (AvgIpc) is 3.31. The van der Waals surface area contributed by atoms with Crippen molar-refractivity contribution < 1.29 is 28.9 Å². The van der Waals surface area contributed by atoms with Crippen LogP contribution in [-0.4, -0.2) is 57.7 Å². The molecule has 2 aromatic heterocycles. The van der Waals surface area contributed by atoms with Crippen LogP contribution < -0.4 is 20.7 Å². The van der Waals surface area contributed by atoms with Crippen molar-refractivity contribution in [1.29, 1.82) is 0 Å². The Hall–Kier alpha value is -3.97. The molecule has 5 rings (SSSR count). The number of aryl methyl sites for hydroxylation is 1. The molecule has 3 N–H and O–H groups in total. The third kappa shape index (κ3) is 4.51. The summed E-state index contributed by atoms with van der Waals surface area (Å²) in [5.74, 6) is -2.31. The number of hydrogen-bond donors (Lipinski definition) is 2. The number of thiazole rings is 1. The van der Waals surface area contributed by atoms with Gasteiger partial charge in [0.2, 0.25) is 0 Å². The predicted molar refractivity (Wildman–Crippen MR) is 136 cm³/mol. The Morgan fingerprint density at radius 1 is 1.35 bits per heavy atom. The maximum absolute atomic E-state index is 13.1. The lowest BCUT2D eigenvalue weighted by atomic mass is 10.0. The zero-order valence-electron chi connectivity index (χ0n) is 19.8. The molecule has 2 atom stereocenters. The lowest BCUT2D eigenvalue weighted by Crippen LogP contribution is -2.71. The number of oxime groups is 1. The molecule has 0 bridgehead atoms. The van der Waals surface area contributed by atoms with E-state index in [1.54, 1.807) is 5.38 Å². The van der Waals surface area contributed by atoms with E-state index < -0.39 is 29.2 Å². The summed E-state index contributed by atoms with van der Waals surface area (Å²) < 4.78 is 1.96. The van der Waals surface area contributed by atoms with E-state index in [2.05, 4.69) is 15.5 Å². The van der Waals surface area contributed by atoms with Gasteiger partial charge in [0.05, 0.1) is 11.7 Å². The first kappa shape index (κ1) is 24.7. The number of benzene rings is 1. The van der Waals surface area contributed by atoms with Crippen molar-refractivity contribution >= 4 is 62.5 Å². The molecule has 0 radical (unpaired) electrons. The van der Waals surface area contributed by atoms with E-state index in [4.69, 9.17) is 10.6 Å². The fraction of sp³-hybridized carbons (Fsp3) is 0.250. The number of fused-ring (bicyclic) bond motifs is 2. The molecular formula is C24H22N6O5S2. The van der Waals surface area contributed by atoms with Crippen LogP contribution >= 0.6 is 23.1 Å². The van der Waals surface area contributed by atoms with Crippen LogP contribution in [0.15, 0.2) is 58.3 Å². The van der Waals surface area contributed by atoms with E-state index in [0.717, 1.165) is 27.8 Å². The molecule has 190 valence electrons. The van der Waals surface area contributed by atoms with Gasteiger partial charge in [0.25, 0.3) is 11.8 Å². The molecule has 2 amide bonds. The topological polar surface area (TPSA) is 154 Å². The van der Waals surface area contributed by atoms with E-state index in [1.807, 2.05) is 48.0 Å². The van der Waals surface area contributed by atoms with Gasteiger partial charge in [0.1, 0.15) is 24.2 Å². The van der Waals surface area contributed by atoms with Gasteiger partial charge >= 0.3 is 0 Å². The van der Waals surface area contributed by atoms with E-state index in [9.17, 15) is 19.5 Å². The number of nitrogens with zero attached hydrogens (tertiary/aromatic N) is 4. The standard InChI is InChI=1S/C24H22N6O5S2/c1-12-7-13-5-3-4-6-14(13)8-29(12)9-15-10-36-22-18(21(32)30(22)19(15)23(33)34)27-20(31)17(28-35-2)16-11-37-24(25)26-16/h3-8,11,18,22H,9-10H2,1-2H3,(H3-,25,26,27,31,33,34)/b28-17-/t18?,22-/m1/s1. The highest BCUT2D eigenvalue weighted by Gasteiger charge is 2.53. The molecule has 0 saturated carbocycles. The predicted octanol–water partition coefficient (Wildman–Crippen LogP) is -0.0710. The molecule has 2 aliphatic heterocycles. The van der Waals surface area contributed by atoms with Crippen molar-refractivity contribution in [2.45, 2.75) is 24.9 Å². The van der Waals surface area contributed by atoms with Gasteiger partial charge in [-0.3, -0.25) is 14.5 Å². The Kier molecular flexibility index (Phi) is 6.56. The number of carboxylic acids is 1. The number of amides is 2. The first-order chi connectivity index (χ1) is 17.8. The summed E-state index contributed by atoms with van der Waals surface area (Å²) >= 11 is 2.50. The van der Waals surface area contributed by atoms with E-state index in [-0.39, 0.29) is 28.8 Å². The van der Waals surface area contributed by atoms with Crippen LogP contribution in [0, 0.1) is 6.92 Å². The Morgan fingerprint density at radius 3 is 2.78 bits per heavy atom. The number of anilines is 1. The van der Waals surface area contributed by atoms with E-state index >= 15 is 0 Å². The highest BCUT2D eigenvalue weighted by Crippen LogP contribution is 2.40. The molecule has 11 nitrogen and oxygen atoms in total. The van der Waals surface area contributed by atoms with Crippen molar-refractivity contribution in [2.24, 2.45) is 5.16 Å². The Morgan fingerprint density at radius 2 is 2.11 bits per heavy atom. The zero-order chi connectivity index (χ0) is 26.3. The summed E-state index contributed by atoms with van der Waals surface area (Å²) in [5.41, 5.74) is 7.08. The third-order valence-electron chi connectivity index (χ3n) is 6.16. The van der Waals surface area contributed by atoms with Gasteiger partial charge in [-0.05, 0) is 11.5 Å². The van der Waals surface area contributed by atoms with Gasteiger partial charge < -0.3 is 25.8 Å². The maximum atomic E-state index is 13.1. The molecule has 4 heterocycles. The number of β-lactam (4-membered cyclic amide) rings is 1. The van der Waals surface area contributed by atoms with Crippen LogP contribution in [0.4, 0.5) is 5.13 Å². The molecule has 37 heavy (non-hydrogen) atoms. The van der Waals surface area contributed by atoms with Crippen LogP contribution in [0.5, 0.6) is 0 Å². The van der Waals surface area contributed by atoms with Gasteiger partial charge in [-0.1, -0.05) is 23.4 Å². The number of carboxylic acid groups (broad SMARTS) is 1. The monoisotopic (exact) mass is 538 g/mol. The van der Waals surface area contributed by atoms with Crippen LogP contribution in [0.1, 0.15) is 11.4 Å². The number of pyridine rings is 1. The normalized spacial score (nSPS) is 19.5. The molecule has 13 heteroatoms. The molecule has 2 aliphatic rings. The minimum atomic E-state index is -1.43. The van der Waals surface area contributed by atoms with Gasteiger partial charge in [-0.2, -0.15) is 4.57 Å². The number of rotatable bonds is 7. The summed E-state index contributed by atoms with van der Waals surface area (Å²) in [6.07, 6.45) is 1.96. The quantitative estimate of drug-likeness (QED) is 0.183. The maximum Gasteiger partial charge on any atom is 0.276 e. The van der Waals surface area contributed by atoms with Crippen LogP contribution in [-0.2, 0) is 25.8 Å². The van der Waals surface area contributed by atoms with Crippen molar-refractivity contribution in [2.75, 3.05) is 18.6 Å².